The molecule has 1 aromatic heterocycles. The second kappa shape index (κ2) is 4.69. The van der Waals surface area contributed by atoms with Crippen molar-refractivity contribution >= 4 is 43.5 Å². The van der Waals surface area contributed by atoms with Gasteiger partial charge >= 0.3 is 0 Å². The van der Waals surface area contributed by atoms with Crippen LogP contribution in [-0.4, -0.2) is 9.97 Å². The van der Waals surface area contributed by atoms with Gasteiger partial charge in [0, 0.05) is 21.3 Å². The summed E-state index contributed by atoms with van der Waals surface area (Å²) in [6.07, 6.45) is 1.47. The van der Waals surface area contributed by atoms with E-state index in [1.165, 1.54) is 6.20 Å². The summed E-state index contributed by atoms with van der Waals surface area (Å²) >= 11 is 12.3. The number of halogens is 3. The molecule has 0 saturated carbocycles. The molecule has 0 unspecified atom stereocenters. The maximum Gasteiger partial charge on any atom is 0.265 e. The number of hydrogen-bond donors (Lipinski definition) is 1. The zero-order valence-corrected chi connectivity index (χ0v) is 11.7. The van der Waals surface area contributed by atoms with Crippen LogP contribution in [0.25, 0.3) is 11.4 Å². The second-order valence-corrected chi connectivity index (χ2v) is 5.18. The third-order valence-corrected chi connectivity index (χ3v) is 3.40. The van der Waals surface area contributed by atoms with Gasteiger partial charge in [0.1, 0.15) is 10.3 Å². The Balaban J connectivity index is 2.59. The maximum absolute atomic E-state index is 11.4. The first-order valence-electron chi connectivity index (χ1n) is 4.28. The Hall–Kier alpha value is -0.650. The first-order valence-corrected chi connectivity index (χ1v) is 6.24. The first kappa shape index (κ1) is 11.8. The van der Waals surface area contributed by atoms with Crippen LogP contribution in [0.2, 0.25) is 5.02 Å². The van der Waals surface area contributed by atoms with Crippen molar-refractivity contribution in [2.75, 3.05) is 0 Å². The molecule has 2 rings (SSSR count). The monoisotopic (exact) mass is 362 g/mol. The molecule has 1 heterocycles. The standard InChI is InChI=1S/C10H5Br2ClN2O/c11-7-3-5(13)1-2-6(7)9-14-4-8(12)10(16)15-9/h1-4H,(H,14,15,16). The average Bonchev–Trinajstić information content (AvgIpc) is 2.22. The minimum absolute atomic E-state index is 0.216. The zero-order chi connectivity index (χ0) is 11.7. The highest BCUT2D eigenvalue weighted by molar-refractivity contribution is 9.10. The highest BCUT2D eigenvalue weighted by Crippen LogP contribution is 2.27. The number of H-pyrrole nitrogens is 1. The van der Waals surface area contributed by atoms with Crippen LogP contribution in [-0.2, 0) is 0 Å². The fourth-order valence-corrected chi connectivity index (χ4v) is 2.27. The lowest BCUT2D eigenvalue weighted by Gasteiger charge is -2.03. The Morgan fingerprint density at radius 3 is 2.62 bits per heavy atom. The van der Waals surface area contributed by atoms with E-state index >= 15 is 0 Å². The summed E-state index contributed by atoms with van der Waals surface area (Å²) in [6.45, 7) is 0. The quantitative estimate of drug-likeness (QED) is 0.840. The minimum Gasteiger partial charge on any atom is -0.306 e. The highest BCUT2D eigenvalue weighted by Gasteiger charge is 2.07. The smallest absolute Gasteiger partial charge is 0.265 e. The van der Waals surface area contributed by atoms with E-state index in [2.05, 4.69) is 41.8 Å². The van der Waals surface area contributed by atoms with E-state index in [-0.39, 0.29) is 5.56 Å². The van der Waals surface area contributed by atoms with E-state index in [0.29, 0.717) is 15.3 Å². The van der Waals surface area contributed by atoms with Crippen molar-refractivity contribution in [2.45, 2.75) is 0 Å². The van der Waals surface area contributed by atoms with Gasteiger partial charge in [-0.3, -0.25) is 4.79 Å². The van der Waals surface area contributed by atoms with Gasteiger partial charge in [-0.25, -0.2) is 4.98 Å². The van der Waals surface area contributed by atoms with Gasteiger partial charge in [0.2, 0.25) is 0 Å². The Kier molecular flexibility index (Phi) is 3.47. The molecule has 0 bridgehead atoms. The van der Waals surface area contributed by atoms with E-state index in [9.17, 15) is 4.79 Å². The van der Waals surface area contributed by atoms with Gasteiger partial charge in [0.05, 0.1) is 0 Å². The van der Waals surface area contributed by atoms with Crippen LogP contribution in [0.3, 0.4) is 0 Å². The number of aromatic amines is 1. The molecule has 0 aliphatic heterocycles. The third-order valence-electron chi connectivity index (χ3n) is 1.94. The fourth-order valence-electron chi connectivity index (χ4n) is 1.20. The van der Waals surface area contributed by atoms with Gasteiger partial charge in [-0.1, -0.05) is 11.6 Å². The molecule has 0 amide bonds. The van der Waals surface area contributed by atoms with Crippen LogP contribution in [0.15, 0.2) is 38.1 Å². The first-order chi connectivity index (χ1) is 7.58. The van der Waals surface area contributed by atoms with Crippen molar-refractivity contribution in [3.05, 3.63) is 48.7 Å². The lowest BCUT2D eigenvalue weighted by molar-refractivity contribution is 1.11. The molecule has 16 heavy (non-hydrogen) atoms. The number of hydrogen-bond acceptors (Lipinski definition) is 2. The number of nitrogens with zero attached hydrogens (tertiary/aromatic N) is 1. The predicted octanol–water partition coefficient (Wildman–Crippen LogP) is 3.62. The summed E-state index contributed by atoms with van der Waals surface area (Å²) in [5.41, 5.74) is 0.570. The molecule has 0 radical (unpaired) electrons. The van der Waals surface area contributed by atoms with Gasteiger partial charge in [0.15, 0.2) is 0 Å². The summed E-state index contributed by atoms with van der Waals surface area (Å²) < 4.78 is 1.19. The molecule has 3 nitrogen and oxygen atoms in total. The average molecular weight is 364 g/mol. The number of aromatic nitrogens is 2. The second-order valence-electron chi connectivity index (χ2n) is 3.03. The number of nitrogens with one attached hydrogen (secondary N) is 1. The molecule has 0 spiro atoms. The zero-order valence-electron chi connectivity index (χ0n) is 7.80. The van der Waals surface area contributed by atoms with E-state index in [1.807, 2.05) is 0 Å². The summed E-state index contributed by atoms with van der Waals surface area (Å²) in [5.74, 6) is 0.497. The van der Waals surface area contributed by atoms with Crippen LogP contribution in [0.5, 0.6) is 0 Å². The summed E-state index contributed by atoms with van der Waals surface area (Å²) in [5, 5.41) is 0.620. The molecule has 82 valence electrons. The van der Waals surface area contributed by atoms with Crippen molar-refractivity contribution < 1.29 is 0 Å². The van der Waals surface area contributed by atoms with Gasteiger partial charge < -0.3 is 4.98 Å². The van der Waals surface area contributed by atoms with Crippen LogP contribution < -0.4 is 5.56 Å². The Bertz CT molecular complexity index is 598. The molecule has 1 aromatic carbocycles. The van der Waals surface area contributed by atoms with Gasteiger partial charge in [-0.2, -0.15) is 0 Å². The normalized spacial score (nSPS) is 10.4. The van der Waals surface area contributed by atoms with E-state index in [4.69, 9.17) is 11.6 Å². The van der Waals surface area contributed by atoms with Crippen LogP contribution in [0, 0.1) is 0 Å². The fraction of sp³-hybridized carbons (Fsp3) is 0. The van der Waals surface area contributed by atoms with Crippen LogP contribution >= 0.6 is 43.5 Å². The molecule has 0 atom stereocenters. The van der Waals surface area contributed by atoms with Crippen LogP contribution in [0.1, 0.15) is 0 Å². The largest absolute Gasteiger partial charge is 0.306 e. The molecule has 0 fully saturated rings. The predicted molar refractivity (Wildman–Crippen MR) is 70.7 cm³/mol. The van der Waals surface area contributed by atoms with E-state index in [0.717, 1.165) is 10.0 Å². The SMILES string of the molecule is O=c1[nH]c(-c2ccc(Cl)cc2Br)ncc1Br. The Labute approximate surface area is 113 Å². The van der Waals surface area contributed by atoms with Crippen molar-refractivity contribution in [3.63, 3.8) is 0 Å². The molecule has 6 heteroatoms. The maximum atomic E-state index is 11.4. The van der Waals surface area contributed by atoms with Crippen LogP contribution in [0.4, 0.5) is 0 Å². The summed E-state index contributed by atoms with van der Waals surface area (Å²) in [4.78, 5) is 18.2. The minimum atomic E-state index is -0.216. The van der Waals surface area contributed by atoms with E-state index < -0.39 is 0 Å². The molecule has 2 aromatic rings. The number of rotatable bonds is 1. The summed E-state index contributed by atoms with van der Waals surface area (Å²) in [6, 6.07) is 5.28. The summed E-state index contributed by atoms with van der Waals surface area (Å²) in [7, 11) is 0. The molecule has 0 saturated heterocycles. The van der Waals surface area contributed by atoms with Gasteiger partial charge in [-0.15, -0.1) is 0 Å². The lowest BCUT2D eigenvalue weighted by atomic mass is 10.2. The third kappa shape index (κ3) is 2.36. The molecule has 1 N–H and O–H groups in total. The van der Waals surface area contributed by atoms with Crippen molar-refractivity contribution in [3.8, 4) is 11.4 Å². The lowest BCUT2D eigenvalue weighted by Crippen LogP contribution is -2.09. The number of benzene rings is 1. The van der Waals surface area contributed by atoms with Gasteiger partial charge in [0.25, 0.3) is 5.56 Å². The molecular weight excluding hydrogens is 359 g/mol. The van der Waals surface area contributed by atoms with Gasteiger partial charge in [-0.05, 0) is 50.1 Å². The van der Waals surface area contributed by atoms with E-state index in [1.54, 1.807) is 18.2 Å². The molecule has 0 aliphatic rings. The highest BCUT2D eigenvalue weighted by atomic mass is 79.9. The molecular formula is C10H5Br2ClN2O. The molecule has 0 aliphatic carbocycles. The van der Waals surface area contributed by atoms with Crippen molar-refractivity contribution in [1.82, 2.24) is 9.97 Å². The Morgan fingerprint density at radius 1 is 1.25 bits per heavy atom. The van der Waals surface area contributed by atoms with Crippen molar-refractivity contribution in [1.29, 1.82) is 0 Å². The Morgan fingerprint density at radius 2 is 2.00 bits per heavy atom. The van der Waals surface area contributed by atoms with Crippen molar-refractivity contribution in [2.24, 2.45) is 0 Å². The topological polar surface area (TPSA) is 45.8 Å².